The highest BCUT2D eigenvalue weighted by Crippen LogP contribution is 2.27. The number of imidazole rings is 1. The van der Waals surface area contributed by atoms with Gasteiger partial charge in [0.2, 0.25) is 5.82 Å². The van der Waals surface area contributed by atoms with Crippen molar-refractivity contribution < 1.29 is 14.4 Å². The van der Waals surface area contributed by atoms with Crippen LogP contribution in [0.5, 0.6) is 0 Å². The Labute approximate surface area is 120 Å². The summed E-state index contributed by atoms with van der Waals surface area (Å²) in [5, 5.41) is 12.9. The van der Waals surface area contributed by atoms with E-state index in [9.17, 15) is 4.79 Å². The number of rotatable bonds is 3. The fourth-order valence-electron chi connectivity index (χ4n) is 1.70. The summed E-state index contributed by atoms with van der Waals surface area (Å²) in [6, 6.07) is 7.38. The summed E-state index contributed by atoms with van der Waals surface area (Å²) in [7, 11) is 0. The predicted octanol–water partition coefficient (Wildman–Crippen LogP) is 2.59. The molecule has 0 saturated carbocycles. The van der Waals surface area contributed by atoms with Gasteiger partial charge < -0.3 is 14.6 Å². The highest BCUT2D eigenvalue weighted by Gasteiger charge is 2.21. The number of hydrogen-bond donors (Lipinski definition) is 2. The van der Waals surface area contributed by atoms with E-state index in [1.807, 2.05) is 24.3 Å². The van der Waals surface area contributed by atoms with E-state index in [4.69, 9.17) is 9.63 Å². The lowest BCUT2D eigenvalue weighted by molar-refractivity contribution is 0.0691. The highest BCUT2D eigenvalue weighted by molar-refractivity contribution is 9.10. The van der Waals surface area contributed by atoms with Crippen LogP contribution in [0, 0.1) is 0 Å². The zero-order valence-electron chi connectivity index (χ0n) is 9.87. The molecule has 3 rings (SSSR count). The molecule has 0 spiro atoms. The maximum Gasteiger partial charge on any atom is 0.356 e. The fourth-order valence-corrected chi connectivity index (χ4v) is 2.16. The van der Waals surface area contributed by atoms with Gasteiger partial charge in [-0.1, -0.05) is 33.2 Å². The molecule has 0 amide bonds. The molecule has 8 heteroatoms. The number of aromatic amines is 1. The molecule has 3 aromatic rings. The number of aromatic carboxylic acids is 1. The van der Waals surface area contributed by atoms with Crippen LogP contribution >= 0.6 is 15.9 Å². The quantitative estimate of drug-likeness (QED) is 0.762. The van der Waals surface area contributed by atoms with Crippen LogP contribution in [0.2, 0.25) is 0 Å². The van der Waals surface area contributed by atoms with Crippen LogP contribution in [0.25, 0.3) is 23.0 Å². The minimum Gasteiger partial charge on any atom is -0.476 e. The molecule has 0 unspecified atom stereocenters. The van der Waals surface area contributed by atoms with Crippen molar-refractivity contribution in [1.82, 2.24) is 20.1 Å². The van der Waals surface area contributed by atoms with Gasteiger partial charge >= 0.3 is 5.97 Å². The number of hydrogen-bond acceptors (Lipinski definition) is 5. The van der Waals surface area contributed by atoms with Crippen molar-refractivity contribution in [3.63, 3.8) is 0 Å². The molecule has 20 heavy (non-hydrogen) atoms. The van der Waals surface area contributed by atoms with Crippen LogP contribution in [0.3, 0.4) is 0 Å². The summed E-state index contributed by atoms with van der Waals surface area (Å²) >= 11 is 3.39. The molecule has 2 heterocycles. The largest absolute Gasteiger partial charge is 0.476 e. The molecular formula is C12H7BrN4O3. The summed E-state index contributed by atoms with van der Waals surface area (Å²) in [6.45, 7) is 0. The number of nitrogens with zero attached hydrogens (tertiary/aromatic N) is 3. The summed E-state index contributed by atoms with van der Waals surface area (Å²) in [5.74, 6) is -0.731. The van der Waals surface area contributed by atoms with Gasteiger partial charge in [0.15, 0.2) is 5.69 Å². The Hall–Kier alpha value is -2.48. The van der Waals surface area contributed by atoms with E-state index in [2.05, 4.69) is 36.0 Å². The number of carboxylic acids is 1. The van der Waals surface area contributed by atoms with E-state index >= 15 is 0 Å². The van der Waals surface area contributed by atoms with Gasteiger partial charge in [0.25, 0.3) is 5.89 Å². The number of carboxylic acid groups (broad SMARTS) is 1. The zero-order chi connectivity index (χ0) is 14.1. The molecule has 0 atom stereocenters. The van der Waals surface area contributed by atoms with E-state index in [1.165, 1.54) is 6.33 Å². The van der Waals surface area contributed by atoms with Crippen molar-refractivity contribution in [3.05, 3.63) is 40.8 Å². The third-order valence-corrected chi connectivity index (χ3v) is 3.29. The fraction of sp³-hybridized carbons (Fsp3) is 0. The van der Waals surface area contributed by atoms with Gasteiger partial charge in [0.1, 0.15) is 5.69 Å². The Morgan fingerprint density at radius 2 is 2.15 bits per heavy atom. The minimum absolute atomic E-state index is 0.0747. The number of aromatic nitrogens is 4. The Kier molecular flexibility index (Phi) is 3.07. The molecule has 0 fully saturated rings. The second-order valence-corrected chi connectivity index (χ2v) is 4.69. The first-order chi connectivity index (χ1) is 9.66. The average Bonchev–Trinajstić information content (AvgIpc) is 3.07. The van der Waals surface area contributed by atoms with Crippen molar-refractivity contribution in [2.24, 2.45) is 0 Å². The second-order valence-electron chi connectivity index (χ2n) is 3.83. The van der Waals surface area contributed by atoms with Gasteiger partial charge in [0.05, 0.1) is 6.33 Å². The van der Waals surface area contributed by atoms with Gasteiger partial charge in [-0.25, -0.2) is 9.78 Å². The van der Waals surface area contributed by atoms with Crippen LogP contribution in [0.1, 0.15) is 10.5 Å². The lowest BCUT2D eigenvalue weighted by atomic mass is 10.2. The summed E-state index contributed by atoms with van der Waals surface area (Å²) < 4.78 is 5.91. The summed E-state index contributed by atoms with van der Waals surface area (Å²) in [4.78, 5) is 21.6. The number of nitrogens with one attached hydrogen (secondary N) is 1. The molecule has 0 aliphatic heterocycles. The van der Waals surface area contributed by atoms with E-state index in [0.29, 0.717) is 5.82 Å². The molecule has 2 N–H and O–H groups in total. The molecule has 100 valence electrons. The first kappa shape index (κ1) is 12.5. The Bertz CT molecular complexity index is 780. The van der Waals surface area contributed by atoms with Crippen molar-refractivity contribution in [3.8, 4) is 23.0 Å². The topological polar surface area (TPSA) is 105 Å². The number of benzene rings is 1. The number of H-pyrrole nitrogens is 1. The average molecular weight is 335 g/mol. The normalized spacial score (nSPS) is 10.7. The molecule has 0 radical (unpaired) electrons. The van der Waals surface area contributed by atoms with Gasteiger partial charge in [-0.15, -0.1) is 0 Å². The van der Waals surface area contributed by atoms with E-state index in [0.717, 1.165) is 10.0 Å². The van der Waals surface area contributed by atoms with Crippen molar-refractivity contribution >= 4 is 21.9 Å². The Morgan fingerprint density at radius 1 is 1.35 bits per heavy atom. The maximum atomic E-state index is 11.0. The summed E-state index contributed by atoms with van der Waals surface area (Å²) in [5.41, 5.74) is 0.773. The second kappa shape index (κ2) is 4.89. The molecule has 1 aromatic carbocycles. The standard InChI is InChI=1S/C12H7BrN4O3/c13-7-4-2-1-3-6(7)10-16-11(20-17-10)8-9(12(18)19)15-5-14-8/h1-5H,(H,14,15)(H,18,19). The van der Waals surface area contributed by atoms with Gasteiger partial charge in [-0.2, -0.15) is 4.98 Å². The Balaban J connectivity index is 2.05. The van der Waals surface area contributed by atoms with E-state index < -0.39 is 5.97 Å². The number of carbonyl (C=O) groups is 1. The predicted molar refractivity (Wildman–Crippen MR) is 72.0 cm³/mol. The maximum absolute atomic E-state index is 11.0. The van der Waals surface area contributed by atoms with Gasteiger partial charge in [0, 0.05) is 10.0 Å². The molecule has 0 aliphatic rings. The van der Waals surface area contributed by atoms with Crippen molar-refractivity contribution in [2.75, 3.05) is 0 Å². The number of halogens is 1. The molecule has 2 aromatic heterocycles. The van der Waals surface area contributed by atoms with Crippen LogP contribution in [-0.4, -0.2) is 31.2 Å². The molecule has 0 saturated heterocycles. The minimum atomic E-state index is -1.16. The van der Waals surface area contributed by atoms with Crippen LogP contribution in [-0.2, 0) is 0 Å². The lowest BCUT2D eigenvalue weighted by Gasteiger charge is -1.96. The van der Waals surface area contributed by atoms with Crippen LogP contribution in [0.15, 0.2) is 39.6 Å². The monoisotopic (exact) mass is 334 g/mol. The molecular weight excluding hydrogens is 328 g/mol. The molecule has 0 bridgehead atoms. The van der Waals surface area contributed by atoms with Crippen LogP contribution < -0.4 is 0 Å². The zero-order valence-corrected chi connectivity index (χ0v) is 11.5. The first-order valence-corrected chi connectivity index (χ1v) is 6.32. The van der Waals surface area contributed by atoms with Crippen molar-refractivity contribution in [1.29, 1.82) is 0 Å². The third-order valence-electron chi connectivity index (χ3n) is 2.60. The smallest absolute Gasteiger partial charge is 0.356 e. The summed E-state index contributed by atoms with van der Waals surface area (Å²) in [6.07, 6.45) is 1.26. The molecule has 0 aliphatic carbocycles. The van der Waals surface area contributed by atoms with E-state index in [-0.39, 0.29) is 17.3 Å². The molecule has 7 nitrogen and oxygen atoms in total. The van der Waals surface area contributed by atoms with Crippen molar-refractivity contribution in [2.45, 2.75) is 0 Å². The Morgan fingerprint density at radius 3 is 2.90 bits per heavy atom. The van der Waals surface area contributed by atoms with Gasteiger partial charge in [-0.05, 0) is 12.1 Å². The van der Waals surface area contributed by atoms with E-state index in [1.54, 1.807) is 0 Å². The third kappa shape index (κ3) is 2.10. The SMILES string of the molecule is O=C(O)c1nc[nH]c1-c1nc(-c2ccccc2Br)no1. The van der Waals surface area contributed by atoms with Crippen LogP contribution in [0.4, 0.5) is 0 Å². The lowest BCUT2D eigenvalue weighted by Crippen LogP contribution is -1.99. The highest BCUT2D eigenvalue weighted by atomic mass is 79.9. The first-order valence-electron chi connectivity index (χ1n) is 5.52. The van der Waals surface area contributed by atoms with Gasteiger partial charge in [-0.3, -0.25) is 0 Å².